The Morgan fingerprint density at radius 1 is 1.53 bits per heavy atom. The van der Waals surface area contributed by atoms with Crippen LogP contribution in [0.3, 0.4) is 0 Å². The van der Waals surface area contributed by atoms with Crippen LogP contribution in [0.2, 0.25) is 0 Å². The highest BCUT2D eigenvalue weighted by atomic mass is 16.5. The quantitative estimate of drug-likeness (QED) is 0.797. The van der Waals surface area contributed by atoms with E-state index in [0.29, 0.717) is 24.3 Å². The van der Waals surface area contributed by atoms with Gasteiger partial charge in [0.05, 0.1) is 24.7 Å². The smallest absolute Gasteiger partial charge is 0.310 e. The van der Waals surface area contributed by atoms with Crippen molar-refractivity contribution in [3.8, 4) is 6.07 Å². The summed E-state index contributed by atoms with van der Waals surface area (Å²) in [5.74, 6) is -0.331. The fourth-order valence-corrected chi connectivity index (χ4v) is 1.74. The van der Waals surface area contributed by atoms with E-state index in [9.17, 15) is 4.79 Å². The largest absolute Gasteiger partial charge is 0.466 e. The summed E-state index contributed by atoms with van der Waals surface area (Å²) in [6.45, 7) is 4.30. The summed E-state index contributed by atoms with van der Waals surface area (Å²) in [5.41, 5.74) is 8.61. The van der Waals surface area contributed by atoms with Crippen molar-refractivity contribution in [2.24, 2.45) is 5.73 Å². The molecule has 4 heteroatoms. The lowest BCUT2D eigenvalue weighted by Crippen LogP contribution is -2.12. The summed E-state index contributed by atoms with van der Waals surface area (Å²) in [4.78, 5) is 11.5. The monoisotopic (exact) mass is 232 g/mol. The molecule has 0 amide bonds. The SMILES string of the molecule is CCOC(=O)Cc1c(C#N)cc(C)cc1CN. The average molecular weight is 232 g/mol. The van der Waals surface area contributed by atoms with E-state index in [0.717, 1.165) is 11.1 Å². The van der Waals surface area contributed by atoms with Gasteiger partial charge < -0.3 is 10.5 Å². The predicted molar refractivity (Wildman–Crippen MR) is 64.1 cm³/mol. The highest BCUT2D eigenvalue weighted by Gasteiger charge is 2.13. The number of aryl methyl sites for hydroxylation is 1. The summed E-state index contributed by atoms with van der Waals surface area (Å²) in [6.07, 6.45) is 0.101. The van der Waals surface area contributed by atoms with E-state index in [2.05, 4.69) is 6.07 Å². The molecule has 0 radical (unpaired) electrons. The first-order chi connectivity index (χ1) is 8.12. The maximum absolute atomic E-state index is 11.5. The van der Waals surface area contributed by atoms with Crippen LogP contribution in [0.15, 0.2) is 12.1 Å². The molecule has 0 aliphatic heterocycles. The second-order valence-corrected chi connectivity index (χ2v) is 3.75. The number of rotatable bonds is 4. The Morgan fingerprint density at radius 3 is 2.76 bits per heavy atom. The third-order valence-corrected chi connectivity index (χ3v) is 2.45. The highest BCUT2D eigenvalue weighted by Crippen LogP contribution is 2.18. The maximum Gasteiger partial charge on any atom is 0.310 e. The number of ether oxygens (including phenoxy) is 1. The van der Waals surface area contributed by atoms with Crippen LogP contribution in [0.25, 0.3) is 0 Å². The minimum Gasteiger partial charge on any atom is -0.466 e. The van der Waals surface area contributed by atoms with Gasteiger partial charge in [-0.3, -0.25) is 4.79 Å². The Labute approximate surface area is 101 Å². The number of hydrogen-bond acceptors (Lipinski definition) is 4. The number of nitriles is 1. The molecule has 1 aromatic carbocycles. The van der Waals surface area contributed by atoms with Gasteiger partial charge in [-0.1, -0.05) is 6.07 Å². The van der Waals surface area contributed by atoms with E-state index < -0.39 is 0 Å². The normalized spacial score (nSPS) is 9.76. The molecule has 1 aromatic rings. The van der Waals surface area contributed by atoms with E-state index >= 15 is 0 Å². The number of benzene rings is 1. The fourth-order valence-electron chi connectivity index (χ4n) is 1.74. The molecule has 17 heavy (non-hydrogen) atoms. The van der Waals surface area contributed by atoms with Gasteiger partial charge in [0.2, 0.25) is 0 Å². The Morgan fingerprint density at radius 2 is 2.24 bits per heavy atom. The topological polar surface area (TPSA) is 76.1 Å². The number of carbonyl (C=O) groups excluding carboxylic acids is 1. The van der Waals surface area contributed by atoms with Crippen molar-refractivity contribution in [1.29, 1.82) is 5.26 Å². The zero-order valence-electron chi connectivity index (χ0n) is 10.1. The Bertz CT molecular complexity index is 461. The van der Waals surface area contributed by atoms with Crippen LogP contribution in [0.5, 0.6) is 0 Å². The van der Waals surface area contributed by atoms with E-state index in [1.807, 2.05) is 13.0 Å². The lowest BCUT2D eigenvalue weighted by molar-refractivity contribution is -0.142. The van der Waals surface area contributed by atoms with Crippen LogP contribution in [0, 0.1) is 18.3 Å². The third kappa shape index (κ3) is 3.30. The number of esters is 1. The van der Waals surface area contributed by atoms with E-state index in [-0.39, 0.29) is 12.4 Å². The minimum absolute atomic E-state index is 0.101. The Balaban J connectivity index is 3.12. The molecule has 4 nitrogen and oxygen atoms in total. The number of nitrogens with zero attached hydrogens (tertiary/aromatic N) is 1. The van der Waals surface area contributed by atoms with Gasteiger partial charge in [-0.25, -0.2) is 0 Å². The summed E-state index contributed by atoms with van der Waals surface area (Å²) in [6, 6.07) is 5.75. The third-order valence-electron chi connectivity index (χ3n) is 2.45. The highest BCUT2D eigenvalue weighted by molar-refractivity contribution is 5.74. The van der Waals surface area contributed by atoms with Crippen LogP contribution < -0.4 is 5.73 Å². The Hall–Kier alpha value is -1.86. The van der Waals surface area contributed by atoms with Crippen molar-refractivity contribution in [3.63, 3.8) is 0 Å². The van der Waals surface area contributed by atoms with Crippen molar-refractivity contribution in [2.45, 2.75) is 26.8 Å². The van der Waals surface area contributed by atoms with Gasteiger partial charge in [0.15, 0.2) is 0 Å². The molecule has 0 unspecified atom stereocenters. The second kappa shape index (κ2) is 6.02. The predicted octanol–water partition coefficient (Wildman–Crippen LogP) is 1.43. The molecule has 0 atom stereocenters. The van der Waals surface area contributed by atoms with Crippen LogP contribution in [0.4, 0.5) is 0 Å². The van der Waals surface area contributed by atoms with Gasteiger partial charge in [-0.15, -0.1) is 0 Å². The molecular weight excluding hydrogens is 216 g/mol. The minimum atomic E-state index is -0.331. The molecule has 2 N–H and O–H groups in total. The van der Waals surface area contributed by atoms with Gasteiger partial charge in [0, 0.05) is 6.54 Å². The molecular formula is C13H16N2O2. The van der Waals surface area contributed by atoms with Crippen molar-refractivity contribution >= 4 is 5.97 Å². The van der Waals surface area contributed by atoms with Crippen molar-refractivity contribution in [3.05, 3.63) is 34.4 Å². The summed E-state index contributed by atoms with van der Waals surface area (Å²) >= 11 is 0. The first kappa shape index (κ1) is 13.2. The van der Waals surface area contributed by atoms with E-state index in [1.54, 1.807) is 13.0 Å². The van der Waals surface area contributed by atoms with Gasteiger partial charge >= 0.3 is 5.97 Å². The molecule has 0 fully saturated rings. The fraction of sp³-hybridized carbons (Fsp3) is 0.385. The maximum atomic E-state index is 11.5. The zero-order chi connectivity index (χ0) is 12.8. The lowest BCUT2D eigenvalue weighted by Gasteiger charge is -2.10. The van der Waals surface area contributed by atoms with Crippen LogP contribution in [-0.2, 0) is 22.5 Å². The lowest BCUT2D eigenvalue weighted by atomic mass is 9.96. The van der Waals surface area contributed by atoms with Gasteiger partial charge in [-0.2, -0.15) is 5.26 Å². The zero-order valence-corrected chi connectivity index (χ0v) is 10.1. The molecule has 0 aromatic heterocycles. The van der Waals surface area contributed by atoms with E-state index in [1.165, 1.54) is 0 Å². The van der Waals surface area contributed by atoms with Crippen molar-refractivity contribution in [2.75, 3.05) is 6.61 Å². The molecule has 90 valence electrons. The first-order valence-electron chi connectivity index (χ1n) is 5.50. The van der Waals surface area contributed by atoms with Gasteiger partial charge in [-0.05, 0) is 36.6 Å². The standard InChI is InChI=1S/C13H16N2O2/c1-3-17-13(16)6-12-10(7-14)4-9(2)5-11(12)8-15/h4-5H,3,6-7,14H2,1-2H3. The van der Waals surface area contributed by atoms with Crippen LogP contribution in [-0.4, -0.2) is 12.6 Å². The molecule has 1 rings (SSSR count). The molecule has 0 saturated carbocycles. The van der Waals surface area contributed by atoms with Crippen molar-refractivity contribution < 1.29 is 9.53 Å². The molecule has 0 spiro atoms. The summed E-state index contributed by atoms with van der Waals surface area (Å²) in [5, 5.41) is 9.06. The van der Waals surface area contributed by atoms with Crippen molar-refractivity contribution in [1.82, 2.24) is 0 Å². The molecule has 0 bridgehead atoms. The number of hydrogen-bond donors (Lipinski definition) is 1. The van der Waals surface area contributed by atoms with Crippen LogP contribution >= 0.6 is 0 Å². The molecule has 0 aliphatic carbocycles. The molecule has 0 aliphatic rings. The van der Waals surface area contributed by atoms with E-state index in [4.69, 9.17) is 15.7 Å². The molecule has 0 heterocycles. The Kier molecular flexibility index (Phi) is 4.68. The van der Waals surface area contributed by atoms with Crippen LogP contribution in [0.1, 0.15) is 29.2 Å². The first-order valence-corrected chi connectivity index (χ1v) is 5.50. The number of nitrogens with two attached hydrogens (primary N) is 1. The second-order valence-electron chi connectivity index (χ2n) is 3.75. The van der Waals surface area contributed by atoms with Gasteiger partial charge in [0.1, 0.15) is 0 Å². The summed E-state index contributed by atoms with van der Waals surface area (Å²) in [7, 11) is 0. The molecule has 0 saturated heterocycles. The average Bonchev–Trinajstić information content (AvgIpc) is 2.31. The number of carbonyl (C=O) groups is 1. The summed E-state index contributed by atoms with van der Waals surface area (Å²) < 4.78 is 4.89. The van der Waals surface area contributed by atoms with Gasteiger partial charge in [0.25, 0.3) is 0 Å².